The van der Waals surface area contributed by atoms with Gasteiger partial charge in [0.2, 0.25) is 0 Å². The minimum atomic E-state index is -0.554. The molecule has 1 aromatic rings. The molecule has 0 radical (unpaired) electrons. The maximum atomic E-state index is 13.2. The van der Waals surface area contributed by atoms with Gasteiger partial charge in [0, 0.05) is 27.9 Å². The van der Waals surface area contributed by atoms with Crippen molar-refractivity contribution in [3.63, 3.8) is 0 Å². The summed E-state index contributed by atoms with van der Waals surface area (Å²) in [5.41, 5.74) is 0.760. The number of aldehydes is 1. The van der Waals surface area contributed by atoms with Crippen LogP contribution in [0.2, 0.25) is 0 Å². The molecular weight excluding hydrogens is 267 g/mol. The van der Waals surface area contributed by atoms with Crippen molar-refractivity contribution in [1.82, 2.24) is 0 Å². The van der Waals surface area contributed by atoms with E-state index in [2.05, 4.69) is 0 Å². The third-order valence-electron chi connectivity index (χ3n) is 2.95. The molecule has 0 aromatic heterocycles. The minimum Gasteiger partial charge on any atom is -0.422 e. The number of allylic oxidation sites excluding steroid dienone is 3. The lowest BCUT2D eigenvalue weighted by Gasteiger charge is -2.12. The number of rotatable bonds is 1. The number of thioether (sulfide) groups is 1. The Hall–Kier alpha value is -1.88. The van der Waals surface area contributed by atoms with Gasteiger partial charge in [-0.15, -0.1) is 0 Å². The highest BCUT2D eigenvalue weighted by Crippen LogP contribution is 2.41. The molecular formula is C14H9FO3S. The van der Waals surface area contributed by atoms with Crippen molar-refractivity contribution in [2.45, 2.75) is 17.7 Å². The summed E-state index contributed by atoms with van der Waals surface area (Å²) in [7, 11) is 0. The van der Waals surface area contributed by atoms with Crippen molar-refractivity contribution < 1.29 is 18.7 Å². The molecule has 0 saturated carbocycles. The van der Waals surface area contributed by atoms with Crippen LogP contribution in [-0.2, 0) is 4.74 Å². The minimum absolute atomic E-state index is 0.280. The predicted octanol–water partition coefficient (Wildman–Crippen LogP) is 3.62. The van der Waals surface area contributed by atoms with Gasteiger partial charge in [-0.25, -0.2) is 9.18 Å². The predicted molar refractivity (Wildman–Crippen MR) is 68.6 cm³/mol. The summed E-state index contributed by atoms with van der Waals surface area (Å²) < 4.78 is 18.4. The Labute approximate surface area is 113 Å². The van der Waals surface area contributed by atoms with Gasteiger partial charge in [-0.05, 0) is 18.6 Å². The van der Waals surface area contributed by atoms with Crippen LogP contribution >= 0.6 is 11.8 Å². The topological polar surface area (TPSA) is 43.4 Å². The lowest BCUT2D eigenvalue weighted by atomic mass is 10.1. The Morgan fingerprint density at radius 2 is 2.16 bits per heavy atom. The molecule has 3 nitrogen and oxygen atoms in total. The van der Waals surface area contributed by atoms with E-state index in [0.29, 0.717) is 30.3 Å². The highest BCUT2D eigenvalue weighted by molar-refractivity contribution is 8.03. The maximum absolute atomic E-state index is 13.2. The van der Waals surface area contributed by atoms with Crippen LogP contribution in [0.25, 0.3) is 0 Å². The fraction of sp³-hybridized carbons (Fsp3) is 0.143. The lowest BCUT2D eigenvalue weighted by Crippen LogP contribution is -2.06. The number of ether oxygens (including phenoxy) is 1. The van der Waals surface area contributed by atoms with Gasteiger partial charge in [-0.2, -0.15) is 0 Å². The quantitative estimate of drug-likeness (QED) is 0.580. The first kappa shape index (κ1) is 12.2. The molecule has 1 aliphatic heterocycles. The molecule has 0 bridgehead atoms. The van der Waals surface area contributed by atoms with E-state index in [-0.39, 0.29) is 11.6 Å². The molecule has 1 aromatic carbocycles. The van der Waals surface area contributed by atoms with Crippen LogP contribution in [0.5, 0.6) is 0 Å². The van der Waals surface area contributed by atoms with Gasteiger partial charge < -0.3 is 4.74 Å². The summed E-state index contributed by atoms with van der Waals surface area (Å²) in [5, 5.41) is 0. The SMILES string of the molecule is O=Cc1ccc2c(c1)C(=O)OC1=C(CCC(F)=C1)S2. The Bertz CT molecular complexity index is 646. The number of halogens is 1. The second kappa shape index (κ2) is 4.66. The summed E-state index contributed by atoms with van der Waals surface area (Å²) in [4.78, 5) is 24.3. The molecule has 0 fully saturated rings. The monoisotopic (exact) mass is 276 g/mol. The smallest absolute Gasteiger partial charge is 0.344 e. The summed E-state index contributed by atoms with van der Waals surface area (Å²) in [6, 6.07) is 4.86. The Morgan fingerprint density at radius 3 is 2.95 bits per heavy atom. The molecule has 3 rings (SSSR count). The molecule has 1 heterocycles. The average molecular weight is 276 g/mol. The van der Waals surface area contributed by atoms with Gasteiger partial charge >= 0.3 is 5.97 Å². The summed E-state index contributed by atoms with van der Waals surface area (Å²) >= 11 is 1.39. The zero-order valence-electron chi connectivity index (χ0n) is 9.81. The van der Waals surface area contributed by atoms with E-state index in [1.807, 2.05) is 0 Å². The molecule has 0 spiro atoms. The van der Waals surface area contributed by atoms with Crippen LogP contribution in [0, 0.1) is 0 Å². The number of hydrogen-bond donors (Lipinski definition) is 0. The first-order chi connectivity index (χ1) is 9.17. The van der Waals surface area contributed by atoms with Crippen molar-refractivity contribution in [3.8, 4) is 0 Å². The zero-order valence-corrected chi connectivity index (χ0v) is 10.6. The van der Waals surface area contributed by atoms with E-state index < -0.39 is 5.97 Å². The first-order valence-corrected chi connectivity index (χ1v) is 6.57. The third kappa shape index (κ3) is 2.21. The molecule has 0 atom stereocenters. The van der Waals surface area contributed by atoms with Crippen LogP contribution in [0.1, 0.15) is 33.6 Å². The second-order valence-electron chi connectivity index (χ2n) is 4.24. The van der Waals surface area contributed by atoms with Gasteiger partial charge in [0.05, 0.1) is 5.56 Å². The largest absolute Gasteiger partial charge is 0.422 e. The normalized spacial score (nSPS) is 17.9. The van der Waals surface area contributed by atoms with E-state index in [1.165, 1.54) is 23.9 Å². The number of carbonyl (C=O) groups excluding carboxylic acids is 2. The van der Waals surface area contributed by atoms with Gasteiger partial charge in [0.15, 0.2) is 0 Å². The second-order valence-corrected chi connectivity index (χ2v) is 5.38. The number of fused-ring (bicyclic) bond motifs is 1. The van der Waals surface area contributed by atoms with Crippen molar-refractivity contribution >= 4 is 24.0 Å². The van der Waals surface area contributed by atoms with Gasteiger partial charge in [0.25, 0.3) is 0 Å². The van der Waals surface area contributed by atoms with Crippen LogP contribution in [0.3, 0.4) is 0 Å². The molecule has 2 aliphatic rings. The zero-order chi connectivity index (χ0) is 13.4. The molecule has 0 saturated heterocycles. The van der Waals surface area contributed by atoms with Crippen molar-refractivity contribution in [3.05, 3.63) is 51.9 Å². The lowest BCUT2D eigenvalue weighted by molar-refractivity contribution is 0.0631. The average Bonchev–Trinajstić information content (AvgIpc) is 2.54. The van der Waals surface area contributed by atoms with E-state index in [0.717, 1.165) is 9.80 Å². The van der Waals surface area contributed by atoms with Crippen molar-refractivity contribution in [2.24, 2.45) is 0 Å². The standard InChI is InChI=1S/C14H9FO3S/c15-9-2-4-13-11(6-9)18-14(17)10-5-8(7-16)1-3-12(10)19-13/h1,3,5-7H,2,4H2. The summed E-state index contributed by atoms with van der Waals surface area (Å²) in [6.45, 7) is 0. The van der Waals surface area contributed by atoms with Gasteiger partial charge in [-0.1, -0.05) is 17.8 Å². The van der Waals surface area contributed by atoms with E-state index >= 15 is 0 Å². The molecule has 0 unspecified atom stereocenters. The van der Waals surface area contributed by atoms with E-state index in [4.69, 9.17) is 4.74 Å². The Balaban J connectivity index is 2.07. The van der Waals surface area contributed by atoms with Crippen molar-refractivity contribution in [2.75, 3.05) is 0 Å². The molecule has 0 amide bonds. The van der Waals surface area contributed by atoms with Crippen LogP contribution in [0.15, 0.2) is 45.7 Å². The van der Waals surface area contributed by atoms with Gasteiger partial charge in [0.1, 0.15) is 17.9 Å². The molecule has 0 N–H and O–H groups in total. The number of esters is 1. The number of hydrogen-bond acceptors (Lipinski definition) is 4. The van der Waals surface area contributed by atoms with Crippen LogP contribution in [-0.4, -0.2) is 12.3 Å². The van der Waals surface area contributed by atoms with E-state index in [9.17, 15) is 14.0 Å². The number of carbonyl (C=O) groups is 2. The van der Waals surface area contributed by atoms with Crippen molar-refractivity contribution in [1.29, 1.82) is 0 Å². The van der Waals surface area contributed by atoms with Crippen LogP contribution < -0.4 is 0 Å². The highest BCUT2D eigenvalue weighted by atomic mass is 32.2. The number of benzene rings is 1. The molecule has 5 heteroatoms. The fourth-order valence-electron chi connectivity index (χ4n) is 2.00. The Kier molecular flexibility index (Phi) is 2.98. The molecule has 1 aliphatic carbocycles. The molecule has 96 valence electrons. The summed E-state index contributed by atoms with van der Waals surface area (Å²) in [5.74, 6) is -0.559. The summed E-state index contributed by atoms with van der Waals surface area (Å²) in [6.07, 6.45) is 2.78. The Morgan fingerprint density at radius 1 is 1.32 bits per heavy atom. The molecule has 19 heavy (non-hydrogen) atoms. The fourth-order valence-corrected chi connectivity index (χ4v) is 3.05. The maximum Gasteiger partial charge on any atom is 0.344 e. The highest BCUT2D eigenvalue weighted by Gasteiger charge is 2.26. The first-order valence-electron chi connectivity index (χ1n) is 5.76. The van der Waals surface area contributed by atoms with E-state index in [1.54, 1.807) is 12.1 Å². The van der Waals surface area contributed by atoms with Crippen LogP contribution in [0.4, 0.5) is 4.39 Å². The third-order valence-corrected chi connectivity index (χ3v) is 4.18. The van der Waals surface area contributed by atoms with Gasteiger partial charge in [-0.3, -0.25) is 4.79 Å².